The summed E-state index contributed by atoms with van der Waals surface area (Å²) in [6.45, 7) is 1.06. The van der Waals surface area contributed by atoms with Crippen molar-refractivity contribution in [1.82, 2.24) is 15.1 Å². The molecule has 0 aromatic rings. The van der Waals surface area contributed by atoms with E-state index in [0.29, 0.717) is 44.6 Å². The summed E-state index contributed by atoms with van der Waals surface area (Å²) in [6.07, 6.45) is 2.23. The van der Waals surface area contributed by atoms with E-state index in [1.165, 1.54) is 11.8 Å². The summed E-state index contributed by atoms with van der Waals surface area (Å²) in [5.41, 5.74) is -1.11. The van der Waals surface area contributed by atoms with Gasteiger partial charge in [-0.3, -0.25) is 14.4 Å². The Morgan fingerprint density at radius 3 is 2.54 bits per heavy atom. The highest BCUT2D eigenvalue weighted by atomic mass is 32.2. The van der Waals surface area contributed by atoms with Gasteiger partial charge in [0.1, 0.15) is 0 Å². The predicted octanol–water partition coefficient (Wildman–Crippen LogP) is 0.814. The van der Waals surface area contributed by atoms with Gasteiger partial charge in [-0.05, 0) is 31.6 Å². The lowest BCUT2D eigenvalue weighted by Crippen LogP contribution is -2.70. The number of rotatable bonds is 4. The Kier molecular flexibility index (Phi) is 3.30. The molecule has 26 heavy (non-hydrogen) atoms. The Labute approximate surface area is 154 Å². The predicted molar refractivity (Wildman–Crippen MR) is 89.4 cm³/mol. The zero-order valence-electron chi connectivity index (χ0n) is 14.3. The van der Waals surface area contributed by atoms with Gasteiger partial charge >= 0.3 is 5.92 Å². The molecule has 9 heteroatoms. The van der Waals surface area contributed by atoms with Crippen LogP contribution in [-0.2, 0) is 14.4 Å². The number of thioether (sulfide) groups is 1. The van der Waals surface area contributed by atoms with Crippen molar-refractivity contribution in [2.24, 2.45) is 11.3 Å². The number of hydrogen-bond donors (Lipinski definition) is 1. The number of nitrogens with one attached hydrogen (secondary N) is 1. The molecule has 0 aromatic heterocycles. The fraction of sp³-hybridized carbons (Fsp3) is 0.824. The molecule has 3 heterocycles. The van der Waals surface area contributed by atoms with E-state index in [4.69, 9.17) is 0 Å². The molecule has 1 atom stereocenters. The van der Waals surface area contributed by atoms with Crippen molar-refractivity contribution < 1.29 is 23.2 Å². The zero-order valence-corrected chi connectivity index (χ0v) is 15.1. The van der Waals surface area contributed by atoms with E-state index in [1.807, 2.05) is 0 Å². The van der Waals surface area contributed by atoms with E-state index in [-0.39, 0.29) is 24.9 Å². The summed E-state index contributed by atoms with van der Waals surface area (Å²) in [7, 11) is 0. The first kappa shape index (κ1) is 16.8. The molecular weight excluding hydrogens is 364 g/mol. The molecule has 0 radical (unpaired) electrons. The summed E-state index contributed by atoms with van der Waals surface area (Å²) in [6, 6.07) is -0.432. The smallest absolute Gasteiger partial charge is 0.330 e. The molecule has 2 bridgehead atoms. The quantitative estimate of drug-likeness (QED) is 0.778. The largest absolute Gasteiger partial charge is 0.345 e. The van der Waals surface area contributed by atoms with Crippen LogP contribution in [0.15, 0.2) is 0 Å². The Balaban J connectivity index is 1.18. The summed E-state index contributed by atoms with van der Waals surface area (Å²) in [5.74, 6) is -3.51. The summed E-state index contributed by atoms with van der Waals surface area (Å²) in [5, 5.41) is 2.43. The van der Waals surface area contributed by atoms with Gasteiger partial charge in [0.25, 0.3) is 11.8 Å². The summed E-state index contributed by atoms with van der Waals surface area (Å²) in [4.78, 5) is 39.3. The van der Waals surface area contributed by atoms with E-state index < -0.39 is 28.2 Å². The van der Waals surface area contributed by atoms with Crippen LogP contribution >= 0.6 is 11.8 Å². The van der Waals surface area contributed by atoms with Gasteiger partial charge in [0.2, 0.25) is 5.91 Å². The number of likely N-dealkylation sites (tertiary alicyclic amines) is 1. The maximum Gasteiger partial charge on any atom is 0.330 e. The molecule has 6 aliphatic rings. The van der Waals surface area contributed by atoms with Gasteiger partial charge in [0, 0.05) is 37.2 Å². The van der Waals surface area contributed by atoms with E-state index >= 15 is 0 Å². The van der Waals surface area contributed by atoms with Crippen LogP contribution < -0.4 is 5.32 Å². The highest BCUT2D eigenvalue weighted by Gasteiger charge is 2.72. The SMILES string of the molecule is O=C1CCC2(C(=O)N3CC(NC(=O)C(F)(F)C45CC(C4)C5)C3)SCCN12. The highest BCUT2D eigenvalue weighted by molar-refractivity contribution is 8.01. The van der Waals surface area contributed by atoms with Crippen LogP contribution in [0.3, 0.4) is 0 Å². The zero-order chi connectivity index (χ0) is 18.3. The Morgan fingerprint density at radius 1 is 1.23 bits per heavy atom. The van der Waals surface area contributed by atoms with Crippen LogP contribution in [0.5, 0.6) is 0 Å². The van der Waals surface area contributed by atoms with Crippen LogP contribution in [0, 0.1) is 11.3 Å². The van der Waals surface area contributed by atoms with Crippen molar-refractivity contribution in [1.29, 1.82) is 0 Å². The van der Waals surface area contributed by atoms with Crippen LogP contribution in [0.2, 0.25) is 0 Å². The van der Waals surface area contributed by atoms with Gasteiger partial charge in [-0.1, -0.05) is 0 Å². The number of nitrogens with zero attached hydrogens (tertiary/aromatic N) is 2. The van der Waals surface area contributed by atoms with E-state index in [9.17, 15) is 23.2 Å². The van der Waals surface area contributed by atoms with E-state index in [1.54, 1.807) is 9.80 Å². The van der Waals surface area contributed by atoms with Gasteiger partial charge in [-0.15, -0.1) is 11.8 Å². The second-order valence-corrected chi connectivity index (χ2v) is 9.76. The van der Waals surface area contributed by atoms with E-state index in [2.05, 4.69) is 5.32 Å². The number of fused-ring (bicyclic) bond motifs is 1. The first-order valence-corrected chi connectivity index (χ1v) is 10.2. The molecule has 3 saturated heterocycles. The minimum absolute atomic E-state index is 0.00641. The Bertz CT molecular complexity index is 694. The summed E-state index contributed by atoms with van der Waals surface area (Å²) < 4.78 is 28.8. The van der Waals surface area contributed by atoms with Crippen LogP contribution in [0.4, 0.5) is 8.78 Å². The Morgan fingerprint density at radius 2 is 1.92 bits per heavy atom. The molecule has 3 amide bonds. The fourth-order valence-corrected chi connectivity index (χ4v) is 6.62. The molecule has 6 fully saturated rings. The number of hydrogen-bond acceptors (Lipinski definition) is 4. The minimum Gasteiger partial charge on any atom is -0.345 e. The van der Waals surface area contributed by atoms with Gasteiger partial charge in [-0.25, -0.2) is 0 Å². The average Bonchev–Trinajstić information content (AvgIpc) is 2.99. The number of carbonyl (C=O) groups excluding carboxylic acids is 3. The average molecular weight is 385 g/mol. The second kappa shape index (κ2) is 5.11. The third-order valence-corrected chi connectivity index (χ3v) is 8.36. The maximum atomic E-state index is 14.4. The molecule has 3 aliphatic carbocycles. The lowest BCUT2D eigenvalue weighted by molar-refractivity contribution is -0.254. The molecule has 142 valence electrons. The van der Waals surface area contributed by atoms with Crippen molar-refractivity contribution in [3.05, 3.63) is 0 Å². The monoisotopic (exact) mass is 385 g/mol. The van der Waals surface area contributed by atoms with Gasteiger partial charge in [0.15, 0.2) is 4.87 Å². The van der Waals surface area contributed by atoms with Crippen LogP contribution in [-0.4, -0.2) is 69.7 Å². The molecular formula is C17H21F2N3O3S. The van der Waals surface area contributed by atoms with Gasteiger partial charge < -0.3 is 15.1 Å². The standard InChI is InChI=1S/C17H21F2N3O3S/c18-17(19,15-5-10(6-15)7-15)13(24)20-11-8-21(9-11)14(25)16-2-1-12(23)22(16)3-4-26-16/h10-11H,1-9H2,(H,20,24). The second-order valence-electron chi connectivity index (χ2n) is 8.39. The van der Waals surface area contributed by atoms with Gasteiger partial charge in [-0.2, -0.15) is 8.78 Å². The van der Waals surface area contributed by atoms with Crippen molar-refractivity contribution in [2.75, 3.05) is 25.4 Å². The van der Waals surface area contributed by atoms with Gasteiger partial charge in [0.05, 0.1) is 6.04 Å². The highest BCUT2D eigenvalue weighted by Crippen LogP contribution is 2.70. The molecule has 0 spiro atoms. The third-order valence-electron chi connectivity index (χ3n) is 6.90. The molecule has 0 aromatic carbocycles. The fourth-order valence-electron chi connectivity index (χ4n) is 5.16. The van der Waals surface area contributed by atoms with E-state index in [0.717, 1.165) is 5.75 Å². The molecule has 1 unspecified atom stereocenters. The number of alkyl halides is 2. The Hall–Kier alpha value is -1.38. The summed E-state index contributed by atoms with van der Waals surface area (Å²) >= 11 is 1.50. The molecule has 3 aliphatic heterocycles. The van der Waals surface area contributed by atoms with Crippen LogP contribution in [0.25, 0.3) is 0 Å². The number of halogens is 2. The molecule has 6 rings (SSSR count). The normalized spacial score (nSPS) is 38.4. The van der Waals surface area contributed by atoms with Crippen molar-refractivity contribution in [2.45, 2.75) is 48.9 Å². The van der Waals surface area contributed by atoms with Crippen molar-refractivity contribution in [3.8, 4) is 0 Å². The topological polar surface area (TPSA) is 69.7 Å². The lowest BCUT2D eigenvalue weighted by Gasteiger charge is -2.63. The molecule has 6 nitrogen and oxygen atoms in total. The minimum atomic E-state index is -3.32. The maximum absolute atomic E-state index is 14.4. The van der Waals surface area contributed by atoms with Crippen molar-refractivity contribution in [3.63, 3.8) is 0 Å². The number of amides is 3. The van der Waals surface area contributed by atoms with Crippen LogP contribution in [0.1, 0.15) is 32.1 Å². The van der Waals surface area contributed by atoms with Crippen molar-refractivity contribution >= 4 is 29.5 Å². The molecule has 3 saturated carbocycles. The number of carbonyl (C=O) groups is 3. The first-order chi connectivity index (χ1) is 12.3. The lowest BCUT2D eigenvalue weighted by atomic mass is 9.42. The first-order valence-electron chi connectivity index (χ1n) is 9.20. The molecule has 1 N–H and O–H groups in total. The third kappa shape index (κ3) is 1.95.